The molecule has 3 rings (SSSR count). The minimum atomic E-state index is -0.599. The van der Waals surface area contributed by atoms with Crippen LogP contribution in [0, 0.1) is 11.3 Å². The zero-order valence-corrected chi connectivity index (χ0v) is 16.3. The van der Waals surface area contributed by atoms with Crippen LogP contribution in [0.4, 0.5) is 5.82 Å². The van der Waals surface area contributed by atoms with Crippen LogP contribution in [-0.2, 0) is 24.2 Å². The van der Waals surface area contributed by atoms with E-state index < -0.39 is 11.2 Å². The summed E-state index contributed by atoms with van der Waals surface area (Å²) in [5, 5.41) is 12.7. The van der Waals surface area contributed by atoms with Gasteiger partial charge in [-0.25, -0.2) is 4.79 Å². The first-order chi connectivity index (χ1) is 13.4. The molecular formula is C20H24N4O4. The van der Waals surface area contributed by atoms with Gasteiger partial charge in [-0.3, -0.25) is 13.9 Å². The monoisotopic (exact) mass is 384 g/mol. The second-order valence-electron chi connectivity index (χ2n) is 7.02. The molecule has 1 saturated heterocycles. The van der Waals surface area contributed by atoms with Crippen LogP contribution in [0.1, 0.15) is 24.0 Å². The second kappa shape index (κ2) is 7.90. The Morgan fingerprint density at radius 2 is 1.82 bits per heavy atom. The molecule has 1 aromatic carbocycles. The summed E-state index contributed by atoms with van der Waals surface area (Å²) in [6.07, 6.45) is 1.57. The minimum absolute atomic E-state index is 0.0680. The standard InChI is InChI=1S/C20H24N4O4/c1-23-17(16(12-21)18(25)24(2)19(23)26)22-13-20(8-10-28-11-9-20)14-4-6-15(27-3)7-5-14/h4-7,22H,8-11,13H2,1-3H3. The van der Waals surface area contributed by atoms with Crippen LogP contribution in [0.25, 0.3) is 0 Å². The van der Waals surface area contributed by atoms with E-state index in [0.717, 1.165) is 28.7 Å². The third-order valence-corrected chi connectivity index (χ3v) is 5.52. The molecule has 0 spiro atoms. The van der Waals surface area contributed by atoms with Gasteiger partial charge in [0.15, 0.2) is 5.56 Å². The summed E-state index contributed by atoms with van der Waals surface area (Å²) in [4.78, 5) is 24.6. The number of hydrogen-bond donors (Lipinski definition) is 1. The van der Waals surface area contributed by atoms with E-state index in [0.29, 0.717) is 19.8 Å². The predicted molar refractivity (Wildman–Crippen MR) is 105 cm³/mol. The first-order valence-electron chi connectivity index (χ1n) is 9.10. The lowest BCUT2D eigenvalue weighted by atomic mass is 9.74. The highest BCUT2D eigenvalue weighted by Gasteiger charge is 2.35. The number of nitrogens with zero attached hydrogens (tertiary/aromatic N) is 3. The molecule has 1 aromatic heterocycles. The first-order valence-corrected chi connectivity index (χ1v) is 9.10. The molecule has 0 amide bonds. The molecule has 0 unspecified atom stereocenters. The van der Waals surface area contributed by atoms with Gasteiger partial charge in [-0.05, 0) is 30.5 Å². The maximum Gasteiger partial charge on any atom is 0.332 e. The molecule has 1 N–H and O–H groups in total. The number of rotatable bonds is 5. The summed E-state index contributed by atoms with van der Waals surface area (Å²) in [6.45, 7) is 1.71. The number of nitrogens with one attached hydrogen (secondary N) is 1. The molecule has 1 fully saturated rings. The Morgan fingerprint density at radius 3 is 2.39 bits per heavy atom. The van der Waals surface area contributed by atoms with Gasteiger partial charge in [-0.2, -0.15) is 5.26 Å². The Kier molecular flexibility index (Phi) is 5.56. The van der Waals surface area contributed by atoms with Crippen LogP contribution in [0.3, 0.4) is 0 Å². The van der Waals surface area contributed by atoms with Gasteiger partial charge in [0.2, 0.25) is 0 Å². The van der Waals surface area contributed by atoms with Crippen molar-refractivity contribution in [2.24, 2.45) is 14.1 Å². The Hall–Kier alpha value is -3.05. The van der Waals surface area contributed by atoms with Gasteiger partial charge in [0, 0.05) is 39.3 Å². The van der Waals surface area contributed by atoms with E-state index >= 15 is 0 Å². The molecule has 28 heavy (non-hydrogen) atoms. The van der Waals surface area contributed by atoms with Crippen molar-refractivity contribution in [2.45, 2.75) is 18.3 Å². The van der Waals surface area contributed by atoms with Crippen molar-refractivity contribution in [1.82, 2.24) is 9.13 Å². The highest BCUT2D eigenvalue weighted by molar-refractivity contribution is 5.52. The number of benzene rings is 1. The molecule has 0 bridgehead atoms. The van der Waals surface area contributed by atoms with Crippen molar-refractivity contribution < 1.29 is 9.47 Å². The van der Waals surface area contributed by atoms with E-state index in [9.17, 15) is 14.9 Å². The summed E-state index contributed by atoms with van der Waals surface area (Å²) in [5.74, 6) is 1.02. The quantitative estimate of drug-likeness (QED) is 0.830. The van der Waals surface area contributed by atoms with Crippen molar-refractivity contribution in [2.75, 3.05) is 32.2 Å². The molecule has 0 atom stereocenters. The lowest BCUT2D eigenvalue weighted by molar-refractivity contribution is 0.0543. The van der Waals surface area contributed by atoms with Gasteiger partial charge in [0.25, 0.3) is 5.56 Å². The normalized spacial score (nSPS) is 15.6. The van der Waals surface area contributed by atoms with Crippen LogP contribution in [0.5, 0.6) is 5.75 Å². The van der Waals surface area contributed by atoms with Crippen LogP contribution in [0.15, 0.2) is 33.9 Å². The maximum atomic E-state index is 12.3. The van der Waals surface area contributed by atoms with Gasteiger partial charge < -0.3 is 14.8 Å². The summed E-state index contributed by atoms with van der Waals surface area (Å²) < 4.78 is 13.1. The summed E-state index contributed by atoms with van der Waals surface area (Å²) in [5.41, 5.74) is -0.262. The van der Waals surface area contributed by atoms with E-state index in [1.54, 1.807) is 14.2 Å². The van der Waals surface area contributed by atoms with Crippen molar-refractivity contribution in [1.29, 1.82) is 5.26 Å². The van der Waals surface area contributed by atoms with Crippen LogP contribution >= 0.6 is 0 Å². The predicted octanol–water partition coefficient (Wildman–Crippen LogP) is 1.12. The molecule has 8 nitrogen and oxygen atoms in total. The average Bonchev–Trinajstić information content (AvgIpc) is 2.74. The van der Waals surface area contributed by atoms with Gasteiger partial charge in [0.1, 0.15) is 17.6 Å². The molecule has 0 aliphatic carbocycles. The Labute approximate surface area is 162 Å². The van der Waals surface area contributed by atoms with Crippen molar-refractivity contribution in [3.05, 3.63) is 56.2 Å². The topological polar surface area (TPSA) is 98.3 Å². The average molecular weight is 384 g/mol. The van der Waals surface area contributed by atoms with Crippen molar-refractivity contribution in [3.8, 4) is 11.8 Å². The number of methoxy groups -OCH3 is 1. The van der Waals surface area contributed by atoms with E-state index in [1.165, 1.54) is 11.6 Å². The van der Waals surface area contributed by atoms with E-state index in [1.807, 2.05) is 30.3 Å². The molecule has 148 valence electrons. The number of aromatic nitrogens is 2. The molecule has 2 heterocycles. The highest BCUT2D eigenvalue weighted by atomic mass is 16.5. The van der Waals surface area contributed by atoms with E-state index in [4.69, 9.17) is 9.47 Å². The fourth-order valence-electron chi connectivity index (χ4n) is 3.68. The van der Waals surface area contributed by atoms with Crippen LogP contribution < -0.4 is 21.3 Å². The van der Waals surface area contributed by atoms with Crippen LogP contribution in [-0.4, -0.2) is 36.0 Å². The second-order valence-corrected chi connectivity index (χ2v) is 7.02. The lowest BCUT2D eigenvalue weighted by Gasteiger charge is -2.38. The lowest BCUT2D eigenvalue weighted by Crippen LogP contribution is -2.43. The van der Waals surface area contributed by atoms with Gasteiger partial charge in [-0.15, -0.1) is 0 Å². The molecule has 1 aliphatic heterocycles. The SMILES string of the molecule is COc1ccc(C2(CNc3c(C#N)c(=O)n(C)c(=O)n3C)CCOCC2)cc1. The number of ether oxygens (including phenoxy) is 2. The minimum Gasteiger partial charge on any atom is -0.497 e. The molecule has 0 saturated carbocycles. The van der Waals surface area contributed by atoms with E-state index in [-0.39, 0.29) is 16.8 Å². The fraction of sp³-hybridized carbons (Fsp3) is 0.450. The molecule has 0 radical (unpaired) electrons. The van der Waals surface area contributed by atoms with Gasteiger partial charge in [-0.1, -0.05) is 12.1 Å². The van der Waals surface area contributed by atoms with Crippen molar-refractivity contribution >= 4 is 5.82 Å². The third kappa shape index (κ3) is 3.41. The van der Waals surface area contributed by atoms with Gasteiger partial charge in [0.05, 0.1) is 7.11 Å². The smallest absolute Gasteiger partial charge is 0.332 e. The maximum absolute atomic E-state index is 12.3. The number of anilines is 1. The Bertz CT molecular complexity index is 1010. The summed E-state index contributed by atoms with van der Waals surface area (Å²) in [6, 6.07) is 9.82. The summed E-state index contributed by atoms with van der Waals surface area (Å²) in [7, 11) is 4.54. The third-order valence-electron chi connectivity index (χ3n) is 5.52. The van der Waals surface area contributed by atoms with E-state index in [2.05, 4.69) is 5.32 Å². The highest BCUT2D eigenvalue weighted by Crippen LogP contribution is 2.36. The fourth-order valence-corrected chi connectivity index (χ4v) is 3.68. The molecule has 8 heteroatoms. The zero-order valence-electron chi connectivity index (χ0n) is 16.3. The largest absolute Gasteiger partial charge is 0.497 e. The number of hydrogen-bond acceptors (Lipinski definition) is 6. The molecular weight excluding hydrogens is 360 g/mol. The summed E-state index contributed by atoms with van der Waals surface area (Å²) >= 11 is 0. The zero-order chi connectivity index (χ0) is 20.3. The van der Waals surface area contributed by atoms with Crippen LogP contribution in [0.2, 0.25) is 0 Å². The molecule has 1 aliphatic rings. The number of nitriles is 1. The Balaban J connectivity index is 1.99. The Morgan fingerprint density at radius 1 is 1.18 bits per heavy atom. The molecule has 2 aromatic rings. The van der Waals surface area contributed by atoms with Crippen molar-refractivity contribution in [3.63, 3.8) is 0 Å². The van der Waals surface area contributed by atoms with Gasteiger partial charge >= 0.3 is 5.69 Å². The first kappa shape index (κ1) is 19.7.